The van der Waals surface area contributed by atoms with Gasteiger partial charge in [0.2, 0.25) is 29.4 Å². The number of fused-ring (bicyclic) bond motifs is 2. The van der Waals surface area contributed by atoms with Gasteiger partial charge in [0.1, 0.15) is 24.2 Å². The van der Waals surface area contributed by atoms with E-state index in [4.69, 9.17) is 4.74 Å². The number of ether oxygens (including phenoxy) is 1. The molecule has 5 rings (SSSR count). The number of carbonyl (C=O) groups excluding carboxylic acids is 7. The van der Waals surface area contributed by atoms with E-state index in [2.05, 4.69) is 27.8 Å². The second-order valence-electron chi connectivity index (χ2n) is 16.9. The van der Waals surface area contributed by atoms with Crippen molar-refractivity contribution in [3.8, 4) is 0 Å². The van der Waals surface area contributed by atoms with Crippen LogP contribution in [0.15, 0.2) is 67.3 Å². The highest BCUT2D eigenvalue weighted by molar-refractivity contribution is 6.38. The van der Waals surface area contributed by atoms with E-state index >= 15 is 0 Å². The zero-order valence-electron chi connectivity index (χ0n) is 34.6. The van der Waals surface area contributed by atoms with E-state index in [1.807, 2.05) is 52.0 Å². The first-order valence-electron chi connectivity index (χ1n) is 20.1. The van der Waals surface area contributed by atoms with Gasteiger partial charge in [-0.1, -0.05) is 88.4 Å². The summed E-state index contributed by atoms with van der Waals surface area (Å²) in [6.07, 6.45) is 1.89. The van der Waals surface area contributed by atoms with Gasteiger partial charge in [-0.25, -0.2) is 4.79 Å². The predicted octanol–water partition coefficient (Wildman–Crippen LogP) is 3.11. The fraction of sp³-hybridized carbons (Fsp3) is 0.523. The average Bonchev–Trinajstić information content (AvgIpc) is 3.54. The van der Waals surface area contributed by atoms with Gasteiger partial charge in [-0.05, 0) is 78.4 Å². The molecule has 7 atom stereocenters. The van der Waals surface area contributed by atoms with Crippen LogP contribution in [0.25, 0.3) is 0 Å². The Morgan fingerprint density at radius 2 is 1.53 bits per heavy atom. The molecule has 6 amide bonds. The molecule has 0 bridgehead atoms. The van der Waals surface area contributed by atoms with Crippen LogP contribution >= 0.6 is 0 Å². The van der Waals surface area contributed by atoms with Gasteiger partial charge in [0.15, 0.2) is 0 Å². The maximum Gasteiger partial charge on any atom is 0.408 e. The lowest BCUT2D eigenvalue weighted by atomic mass is 9.93. The number of alkyl carbamates (subject to hydrolysis) is 1. The molecule has 1 saturated heterocycles. The lowest BCUT2D eigenvalue weighted by Crippen LogP contribution is -2.59. The zero-order chi connectivity index (χ0) is 42.5. The van der Waals surface area contributed by atoms with Crippen LogP contribution in [-0.2, 0) is 46.3 Å². The van der Waals surface area contributed by atoms with Crippen LogP contribution in [0.2, 0.25) is 0 Å². The number of carbonyl (C=O) groups is 7. The van der Waals surface area contributed by atoms with Crippen LogP contribution in [0.3, 0.4) is 0 Å². The number of hydrogen-bond donors (Lipinski definition) is 4. The maximum atomic E-state index is 14.7. The molecular weight excluding hydrogens is 741 g/mol. The topological polar surface area (TPSA) is 183 Å². The van der Waals surface area contributed by atoms with Crippen molar-refractivity contribution in [2.24, 2.45) is 29.1 Å². The highest BCUT2D eigenvalue weighted by Crippen LogP contribution is 2.65. The number of likely N-dealkylation sites (tertiary alicyclic amines) is 1. The molecule has 0 aromatic heterocycles. The van der Waals surface area contributed by atoms with E-state index in [0.29, 0.717) is 18.4 Å². The molecule has 0 radical (unpaired) electrons. The molecule has 1 aliphatic heterocycles. The number of hydrogen-bond acceptors (Lipinski definition) is 8. The van der Waals surface area contributed by atoms with E-state index in [1.54, 1.807) is 57.4 Å². The molecule has 1 saturated carbocycles. The summed E-state index contributed by atoms with van der Waals surface area (Å²) in [5.74, 6) is -4.59. The Kier molecular flexibility index (Phi) is 13.8. The minimum Gasteiger partial charge on any atom is -0.446 e. The Morgan fingerprint density at radius 3 is 2.12 bits per heavy atom. The predicted molar refractivity (Wildman–Crippen MR) is 217 cm³/mol. The van der Waals surface area contributed by atoms with E-state index in [1.165, 1.54) is 9.80 Å². The van der Waals surface area contributed by atoms with Gasteiger partial charge in [-0.2, -0.15) is 0 Å². The number of benzene rings is 2. The third kappa shape index (κ3) is 9.76. The normalized spacial score (nSPS) is 21.0. The molecule has 2 aromatic carbocycles. The van der Waals surface area contributed by atoms with Crippen molar-refractivity contribution in [3.63, 3.8) is 0 Å². The first kappa shape index (κ1) is 43.6. The summed E-state index contributed by atoms with van der Waals surface area (Å²) >= 11 is 0. The number of nitrogens with zero attached hydrogens (tertiary/aromatic N) is 2. The van der Waals surface area contributed by atoms with E-state index < -0.39 is 72.3 Å². The fourth-order valence-electron chi connectivity index (χ4n) is 8.29. The molecule has 1 unspecified atom stereocenters. The number of Topliss-reactive ketones (excluding diaryl/α,β-unsaturated/α-hetero) is 1. The van der Waals surface area contributed by atoms with Crippen molar-refractivity contribution >= 4 is 41.4 Å². The second-order valence-corrected chi connectivity index (χ2v) is 16.9. The molecule has 2 fully saturated rings. The van der Waals surface area contributed by atoms with Crippen molar-refractivity contribution in [3.05, 3.63) is 83.9 Å². The van der Waals surface area contributed by atoms with Crippen LogP contribution in [-0.4, -0.2) is 103 Å². The van der Waals surface area contributed by atoms with Gasteiger partial charge in [0.05, 0.1) is 12.6 Å². The van der Waals surface area contributed by atoms with Crippen LogP contribution < -0.4 is 21.3 Å². The molecule has 312 valence electrons. The molecule has 14 nitrogen and oxygen atoms in total. The van der Waals surface area contributed by atoms with Crippen LogP contribution in [0.5, 0.6) is 0 Å². The summed E-state index contributed by atoms with van der Waals surface area (Å²) in [7, 11) is 3.12. The summed E-state index contributed by atoms with van der Waals surface area (Å²) in [4.78, 5) is 97.9. The van der Waals surface area contributed by atoms with Gasteiger partial charge in [0, 0.05) is 20.6 Å². The smallest absolute Gasteiger partial charge is 0.408 e. The maximum absolute atomic E-state index is 14.7. The number of amides is 6. The Bertz CT molecular complexity index is 1870. The van der Waals surface area contributed by atoms with Crippen molar-refractivity contribution in [1.82, 2.24) is 31.1 Å². The first-order chi connectivity index (χ1) is 27.5. The number of rotatable bonds is 17. The minimum absolute atomic E-state index is 0.00441. The quantitative estimate of drug-likeness (QED) is 0.139. The highest BCUT2D eigenvalue weighted by atomic mass is 16.6. The first-order valence-corrected chi connectivity index (χ1v) is 20.1. The van der Waals surface area contributed by atoms with Gasteiger partial charge in [0.25, 0.3) is 5.91 Å². The molecule has 4 N–H and O–H groups in total. The van der Waals surface area contributed by atoms with Crippen molar-refractivity contribution in [2.45, 2.75) is 90.6 Å². The average molecular weight is 799 g/mol. The Morgan fingerprint density at radius 1 is 0.914 bits per heavy atom. The molecule has 1 heterocycles. The molecule has 0 spiro atoms. The van der Waals surface area contributed by atoms with Crippen molar-refractivity contribution in [2.75, 3.05) is 27.2 Å². The highest BCUT2D eigenvalue weighted by Gasteiger charge is 2.70. The lowest BCUT2D eigenvalue weighted by molar-refractivity contribution is -0.145. The number of allylic oxidation sites excluding steroid dienone is 1. The van der Waals surface area contributed by atoms with E-state index in [9.17, 15) is 33.6 Å². The van der Waals surface area contributed by atoms with Gasteiger partial charge in [-0.15, -0.1) is 6.58 Å². The van der Waals surface area contributed by atoms with E-state index in [0.717, 1.165) is 11.1 Å². The summed E-state index contributed by atoms with van der Waals surface area (Å²) in [5, 5.41) is 10.6. The third-order valence-corrected chi connectivity index (χ3v) is 12.1. The number of nitrogens with one attached hydrogen (secondary N) is 4. The molecule has 14 heteroatoms. The Balaban J connectivity index is 1.30. The number of piperidine rings is 1. The van der Waals surface area contributed by atoms with Gasteiger partial charge < -0.3 is 35.8 Å². The zero-order valence-corrected chi connectivity index (χ0v) is 34.6. The molecule has 2 aromatic rings. The van der Waals surface area contributed by atoms with Gasteiger partial charge >= 0.3 is 6.09 Å². The Labute approximate surface area is 340 Å². The standard InChI is InChI=1S/C44H58N6O8/c1-9-10-20-32(38(52)40(54)45-23-33(51)47-35(41(55)49(7)8)27-16-12-11-13-17-27)46-39(53)37-34-31(44(34,5)6)24-50(37)42(56)36(48-43(57)58-26(4)25(2)3)30-21-28-18-14-15-19-29(28)22-30/h9,11-19,25-26,30-32,34-37H,1,10,20-24H2,2-8H3,(H,45,54)(H,46,53)(H,47,51)(H,48,57)/t26-,31+,32?,34+,35+,36+,37+/m1/s1. The Hall–Kier alpha value is -5.53. The molecule has 3 aliphatic rings. The minimum atomic E-state index is -1.29. The summed E-state index contributed by atoms with van der Waals surface area (Å²) in [6.45, 7) is 13.1. The van der Waals surface area contributed by atoms with Crippen LogP contribution in [0.4, 0.5) is 4.79 Å². The lowest BCUT2D eigenvalue weighted by Gasteiger charge is -2.35. The van der Waals surface area contributed by atoms with Crippen LogP contribution in [0, 0.1) is 29.1 Å². The van der Waals surface area contributed by atoms with Crippen molar-refractivity contribution < 1.29 is 38.3 Å². The summed E-state index contributed by atoms with van der Waals surface area (Å²) in [6, 6.07) is 12.3. The van der Waals surface area contributed by atoms with E-state index in [-0.39, 0.29) is 54.4 Å². The number of likely N-dealkylation sites (N-methyl/N-ethyl adjacent to an activating group) is 1. The SMILES string of the molecule is C=CCCC(NC(=O)[C@@H]1[C@@H]2[C@H](CN1C(=O)[C@@H](NC(=O)O[C@H](C)C(C)C)C1Cc3ccccc3C1)C2(C)C)C(=O)C(=O)NCC(=O)N[C@H](C(=O)N(C)C)c1ccccc1. The van der Waals surface area contributed by atoms with Crippen molar-refractivity contribution in [1.29, 1.82) is 0 Å². The monoisotopic (exact) mass is 798 g/mol. The summed E-state index contributed by atoms with van der Waals surface area (Å²) < 4.78 is 5.64. The third-order valence-electron chi connectivity index (χ3n) is 12.1. The van der Waals surface area contributed by atoms with Gasteiger partial charge in [-0.3, -0.25) is 28.8 Å². The summed E-state index contributed by atoms with van der Waals surface area (Å²) in [5.41, 5.74) is 2.45. The molecule has 2 aliphatic carbocycles. The molecule has 58 heavy (non-hydrogen) atoms. The fourth-order valence-corrected chi connectivity index (χ4v) is 8.29. The molecular formula is C44H58N6O8. The number of ketones is 1. The largest absolute Gasteiger partial charge is 0.446 e. The second kappa shape index (κ2) is 18.4. The van der Waals surface area contributed by atoms with Crippen LogP contribution in [0.1, 0.15) is 70.2 Å².